The predicted octanol–water partition coefficient (Wildman–Crippen LogP) is 2.72. The van der Waals surface area contributed by atoms with Gasteiger partial charge in [0.15, 0.2) is 0 Å². The van der Waals surface area contributed by atoms with Crippen molar-refractivity contribution in [3.05, 3.63) is 29.8 Å². The molecule has 0 aliphatic carbocycles. The van der Waals surface area contributed by atoms with Crippen LogP contribution in [0.2, 0.25) is 0 Å². The molecular weight excluding hydrogens is 258 g/mol. The highest BCUT2D eigenvalue weighted by Gasteiger charge is 2.25. The van der Waals surface area contributed by atoms with Gasteiger partial charge >= 0.3 is 0 Å². The number of aryl methyl sites for hydroxylation is 1. The molecule has 2 rings (SSSR count). The average molecular weight is 279 g/mol. The molecule has 1 fully saturated rings. The average Bonchev–Trinajstić information content (AvgIpc) is 2.36. The molecule has 1 aliphatic rings. The highest BCUT2D eigenvalue weighted by Crippen LogP contribution is 2.22. The second-order valence-electron chi connectivity index (χ2n) is 5.11. The van der Waals surface area contributed by atoms with E-state index in [0.29, 0.717) is 18.8 Å². The lowest BCUT2D eigenvalue weighted by atomic mass is 10.2. The largest absolute Gasteiger partial charge is 0.372 e. The number of morpholine rings is 1. The van der Waals surface area contributed by atoms with Gasteiger partial charge in [-0.05, 0) is 32.4 Å². The van der Waals surface area contributed by atoms with Crippen LogP contribution in [0.3, 0.4) is 0 Å². The van der Waals surface area contributed by atoms with Crippen LogP contribution in [0.1, 0.15) is 19.4 Å². The van der Waals surface area contributed by atoms with Crippen LogP contribution in [0.5, 0.6) is 0 Å². The SMILES string of the molecule is Cc1ccccc1SCC(=O)N1C[C@@H](C)O[C@H](C)C1. The Hall–Kier alpha value is -1.00. The smallest absolute Gasteiger partial charge is 0.233 e. The first-order chi connectivity index (χ1) is 9.06. The van der Waals surface area contributed by atoms with E-state index >= 15 is 0 Å². The van der Waals surface area contributed by atoms with Crippen LogP contribution in [-0.2, 0) is 9.53 Å². The lowest BCUT2D eigenvalue weighted by Gasteiger charge is -2.35. The standard InChI is InChI=1S/C15H21NO2S/c1-11-6-4-5-7-14(11)19-10-15(17)16-8-12(2)18-13(3)9-16/h4-7,12-13H,8-10H2,1-3H3/t12-,13-/m1/s1. The predicted molar refractivity (Wildman–Crippen MR) is 78.5 cm³/mol. The van der Waals surface area contributed by atoms with Gasteiger partial charge in [-0.3, -0.25) is 4.79 Å². The summed E-state index contributed by atoms with van der Waals surface area (Å²) in [5.74, 6) is 0.708. The third-order valence-corrected chi connectivity index (χ3v) is 4.38. The summed E-state index contributed by atoms with van der Waals surface area (Å²) in [6.07, 6.45) is 0.271. The highest BCUT2D eigenvalue weighted by atomic mass is 32.2. The molecule has 1 aliphatic heterocycles. The number of amides is 1. The lowest BCUT2D eigenvalue weighted by Crippen LogP contribution is -2.48. The molecule has 0 N–H and O–H groups in total. The molecular formula is C15H21NO2S. The fourth-order valence-electron chi connectivity index (χ4n) is 2.33. The molecule has 1 amide bonds. The Morgan fingerprint density at radius 2 is 1.95 bits per heavy atom. The van der Waals surface area contributed by atoms with Gasteiger partial charge in [0, 0.05) is 18.0 Å². The second kappa shape index (κ2) is 6.44. The number of benzene rings is 1. The van der Waals surface area contributed by atoms with Crippen molar-refractivity contribution >= 4 is 17.7 Å². The van der Waals surface area contributed by atoms with Crippen molar-refractivity contribution in [3.8, 4) is 0 Å². The maximum atomic E-state index is 12.2. The molecule has 2 atom stereocenters. The Bertz CT molecular complexity index is 440. The first-order valence-corrected chi connectivity index (χ1v) is 7.66. The fourth-order valence-corrected chi connectivity index (χ4v) is 3.26. The van der Waals surface area contributed by atoms with Gasteiger partial charge in [0.1, 0.15) is 0 Å². The molecule has 3 nitrogen and oxygen atoms in total. The van der Waals surface area contributed by atoms with E-state index in [0.717, 1.165) is 0 Å². The first kappa shape index (κ1) is 14.4. The molecule has 0 saturated carbocycles. The van der Waals surface area contributed by atoms with Gasteiger partial charge in [0.25, 0.3) is 0 Å². The topological polar surface area (TPSA) is 29.5 Å². The third kappa shape index (κ3) is 3.98. The maximum Gasteiger partial charge on any atom is 0.233 e. The Labute approximate surface area is 119 Å². The maximum absolute atomic E-state index is 12.2. The summed E-state index contributed by atoms with van der Waals surface area (Å²) in [4.78, 5) is 15.3. The van der Waals surface area contributed by atoms with Crippen LogP contribution in [-0.4, -0.2) is 41.9 Å². The lowest BCUT2D eigenvalue weighted by molar-refractivity contribution is -0.140. The minimum Gasteiger partial charge on any atom is -0.372 e. The van der Waals surface area contributed by atoms with Gasteiger partial charge < -0.3 is 9.64 Å². The molecule has 1 heterocycles. The summed E-state index contributed by atoms with van der Waals surface area (Å²) in [5, 5.41) is 0. The minimum atomic E-state index is 0.135. The van der Waals surface area contributed by atoms with E-state index in [9.17, 15) is 4.79 Å². The molecule has 0 spiro atoms. The van der Waals surface area contributed by atoms with E-state index in [1.807, 2.05) is 30.9 Å². The number of carbonyl (C=O) groups is 1. The van der Waals surface area contributed by atoms with Gasteiger partial charge in [0.2, 0.25) is 5.91 Å². The zero-order valence-electron chi connectivity index (χ0n) is 11.8. The van der Waals surface area contributed by atoms with Crippen LogP contribution in [0.25, 0.3) is 0 Å². The van der Waals surface area contributed by atoms with Crippen LogP contribution in [0, 0.1) is 6.92 Å². The molecule has 0 bridgehead atoms. The molecule has 4 heteroatoms. The summed E-state index contributed by atoms with van der Waals surface area (Å²) in [5.41, 5.74) is 1.23. The van der Waals surface area contributed by atoms with Crippen molar-refractivity contribution in [3.63, 3.8) is 0 Å². The number of hydrogen-bond acceptors (Lipinski definition) is 3. The number of rotatable bonds is 3. The van der Waals surface area contributed by atoms with Crippen molar-refractivity contribution in [1.29, 1.82) is 0 Å². The molecule has 0 unspecified atom stereocenters. The van der Waals surface area contributed by atoms with Crippen molar-refractivity contribution < 1.29 is 9.53 Å². The molecule has 0 radical (unpaired) electrons. The second-order valence-corrected chi connectivity index (χ2v) is 6.13. The summed E-state index contributed by atoms with van der Waals surface area (Å²) < 4.78 is 5.65. The molecule has 19 heavy (non-hydrogen) atoms. The van der Waals surface area contributed by atoms with E-state index < -0.39 is 0 Å². The highest BCUT2D eigenvalue weighted by molar-refractivity contribution is 8.00. The zero-order valence-corrected chi connectivity index (χ0v) is 12.6. The van der Waals surface area contributed by atoms with Crippen LogP contribution < -0.4 is 0 Å². The monoisotopic (exact) mass is 279 g/mol. The normalized spacial score (nSPS) is 23.4. The third-order valence-electron chi connectivity index (χ3n) is 3.22. The van der Waals surface area contributed by atoms with Gasteiger partial charge in [-0.25, -0.2) is 0 Å². The summed E-state index contributed by atoms with van der Waals surface area (Å²) in [6, 6.07) is 8.18. The minimum absolute atomic E-state index is 0.135. The van der Waals surface area contributed by atoms with E-state index in [-0.39, 0.29) is 18.1 Å². The van der Waals surface area contributed by atoms with Crippen LogP contribution in [0.15, 0.2) is 29.2 Å². The number of carbonyl (C=O) groups excluding carboxylic acids is 1. The summed E-state index contributed by atoms with van der Waals surface area (Å²) in [7, 11) is 0. The Kier molecular flexibility index (Phi) is 4.88. The zero-order chi connectivity index (χ0) is 13.8. The van der Waals surface area contributed by atoms with E-state index in [1.165, 1.54) is 10.5 Å². The van der Waals surface area contributed by atoms with Gasteiger partial charge in [-0.2, -0.15) is 0 Å². The van der Waals surface area contributed by atoms with Crippen molar-refractivity contribution in [1.82, 2.24) is 4.90 Å². The number of ether oxygens (including phenoxy) is 1. The first-order valence-electron chi connectivity index (χ1n) is 6.68. The van der Waals surface area contributed by atoms with Crippen molar-refractivity contribution in [2.24, 2.45) is 0 Å². The summed E-state index contributed by atoms with van der Waals surface area (Å²) >= 11 is 1.62. The van der Waals surface area contributed by atoms with Gasteiger partial charge in [-0.1, -0.05) is 18.2 Å². The Morgan fingerprint density at radius 3 is 2.58 bits per heavy atom. The van der Waals surface area contributed by atoms with Crippen molar-refractivity contribution in [2.45, 2.75) is 37.9 Å². The quantitative estimate of drug-likeness (QED) is 0.797. The van der Waals surface area contributed by atoms with Crippen LogP contribution in [0.4, 0.5) is 0 Å². The molecule has 1 saturated heterocycles. The summed E-state index contributed by atoms with van der Waals surface area (Å²) in [6.45, 7) is 7.52. The molecule has 0 aromatic heterocycles. The van der Waals surface area contributed by atoms with Gasteiger partial charge in [-0.15, -0.1) is 11.8 Å². The van der Waals surface area contributed by atoms with E-state index in [4.69, 9.17) is 4.74 Å². The van der Waals surface area contributed by atoms with Crippen LogP contribution >= 0.6 is 11.8 Å². The Balaban J connectivity index is 1.89. The molecule has 1 aromatic carbocycles. The van der Waals surface area contributed by atoms with Gasteiger partial charge in [0.05, 0.1) is 18.0 Å². The number of nitrogens with zero attached hydrogens (tertiary/aromatic N) is 1. The molecule has 1 aromatic rings. The fraction of sp³-hybridized carbons (Fsp3) is 0.533. The number of thioether (sulfide) groups is 1. The number of hydrogen-bond donors (Lipinski definition) is 0. The Morgan fingerprint density at radius 1 is 1.32 bits per heavy atom. The van der Waals surface area contributed by atoms with E-state index in [1.54, 1.807) is 11.8 Å². The molecule has 104 valence electrons. The van der Waals surface area contributed by atoms with E-state index in [2.05, 4.69) is 19.1 Å². The van der Waals surface area contributed by atoms with Crippen molar-refractivity contribution in [2.75, 3.05) is 18.8 Å².